The summed E-state index contributed by atoms with van der Waals surface area (Å²) in [5.41, 5.74) is 4.46. The van der Waals surface area contributed by atoms with Gasteiger partial charge in [0.15, 0.2) is 5.82 Å². The Morgan fingerprint density at radius 3 is 2.28 bits per heavy atom. The Labute approximate surface area is 184 Å². The normalized spacial score (nSPS) is 10.8. The van der Waals surface area contributed by atoms with Crippen molar-refractivity contribution in [1.29, 1.82) is 0 Å². The van der Waals surface area contributed by atoms with Crippen molar-refractivity contribution < 1.29 is 13.9 Å². The second kappa shape index (κ2) is 8.97. The third-order valence-electron chi connectivity index (χ3n) is 5.13. The first kappa shape index (κ1) is 21.2. The highest BCUT2D eigenvalue weighted by Gasteiger charge is 2.11. The highest BCUT2D eigenvalue weighted by atomic mass is 19.1. The Morgan fingerprint density at radius 2 is 1.69 bits per heavy atom. The lowest BCUT2D eigenvalue weighted by molar-refractivity contribution is -0.115. The summed E-state index contributed by atoms with van der Waals surface area (Å²) < 4.78 is 20.5. The van der Waals surface area contributed by atoms with Gasteiger partial charge < -0.3 is 10.1 Å². The second-order valence-corrected chi connectivity index (χ2v) is 7.42. The Hall–Kier alpha value is -4.07. The molecule has 2 heterocycles. The number of anilines is 1. The van der Waals surface area contributed by atoms with Gasteiger partial charge >= 0.3 is 0 Å². The summed E-state index contributed by atoms with van der Waals surface area (Å²) >= 11 is 0. The lowest BCUT2D eigenvalue weighted by Crippen LogP contribution is -2.14. The van der Waals surface area contributed by atoms with E-state index in [0.717, 1.165) is 22.5 Å². The van der Waals surface area contributed by atoms with E-state index in [2.05, 4.69) is 20.6 Å². The molecule has 32 heavy (non-hydrogen) atoms. The molecule has 1 amide bonds. The molecule has 0 aliphatic rings. The van der Waals surface area contributed by atoms with E-state index in [1.807, 2.05) is 20.8 Å². The van der Waals surface area contributed by atoms with Gasteiger partial charge in [0.1, 0.15) is 11.6 Å². The monoisotopic (exact) mass is 431 g/mol. The van der Waals surface area contributed by atoms with Gasteiger partial charge in [0.05, 0.1) is 12.1 Å². The van der Waals surface area contributed by atoms with Gasteiger partial charge in [-0.25, -0.2) is 9.07 Å². The number of nitrogens with one attached hydrogen (secondary N) is 1. The van der Waals surface area contributed by atoms with Crippen molar-refractivity contribution in [1.82, 2.24) is 20.0 Å². The number of aromatic nitrogens is 4. The molecule has 2 aromatic heterocycles. The number of benzene rings is 2. The van der Waals surface area contributed by atoms with Crippen molar-refractivity contribution >= 4 is 11.6 Å². The van der Waals surface area contributed by atoms with Crippen LogP contribution in [0.2, 0.25) is 0 Å². The van der Waals surface area contributed by atoms with Crippen LogP contribution >= 0.6 is 0 Å². The summed E-state index contributed by atoms with van der Waals surface area (Å²) in [4.78, 5) is 12.2. The fourth-order valence-corrected chi connectivity index (χ4v) is 3.14. The van der Waals surface area contributed by atoms with Crippen LogP contribution in [0.25, 0.3) is 5.82 Å². The standard InChI is InChI=1S/C24H22FN5O2/c1-15-16(2)29-30(17(15)3)22-12-13-24(28-27-22)32-21-10-8-20(9-11-21)26-23(31)14-18-4-6-19(25)7-5-18/h4-13H,14H2,1-3H3,(H,26,31). The van der Waals surface area contributed by atoms with E-state index in [4.69, 9.17) is 4.74 Å². The maximum absolute atomic E-state index is 13.0. The first-order valence-corrected chi connectivity index (χ1v) is 10.1. The summed E-state index contributed by atoms with van der Waals surface area (Å²) in [7, 11) is 0. The number of ether oxygens (including phenoxy) is 1. The number of rotatable bonds is 6. The molecule has 0 bridgehead atoms. The molecule has 1 N–H and O–H groups in total. The van der Waals surface area contributed by atoms with Gasteiger partial charge in [-0.2, -0.15) is 5.10 Å². The van der Waals surface area contributed by atoms with E-state index in [9.17, 15) is 9.18 Å². The molecule has 0 atom stereocenters. The number of amides is 1. The van der Waals surface area contributed by atoms with E-state index >= 15 is 0 Å². The number of halogens is 1. The third-order valence-corrected chi connectivity index (χ3v) is 5.13. The molecule has 2 aromatic carbocycles. The Balaban J connectivity index is 1.36. The number of hydrogen-bond acceptors (Lipinski definition) is 5. The van der Waals surface area contributed by atoms with Crippen LogP contribution in [0.5, 0.6) is 11.6 Å². The highest BCUT2D eigenvalue weighted by Crippen LogP contribution is 2.22. The van der Waals surface area contributed by atoms with Crippen molar-refractivity contribution in [2.24, 2.45) is 0 Å². The van der Waals surface area contributed by atoms with E-state index in [1.165, 1.54) is 12.1 Å². The van der Waals surface area contributed by atoms with Crippen molar-refractivity contribution in [3.05, 3.63) is 89.0 Å². The molecular weight excluding hydrogens is 409 g/mol. The van der Waals surface area contributed by atoms with Gasteiger partial charge in [-0.05, 0) is 74.4 Å². The van der Waals surface area contributed by atoms with Crippen LogP contribution < -0.4 is 10.1 Å². The summed E-state index contributed by atoms with van der Waals surface area (Å²) in [5, 5.41) is 15.6. The summed E-state index contributed by atoms with van der Waals surface area (Å²) in [6, 6.07) is 16.3. The fraction of sp³-hybridized carbons (Fsp3) is 0.167. The van der Waals surface area contributed by atoms with Crippen molar-refractivity contribution in [2.45, 2.75) is 27.2 Å². The van der Waals surface area contributed by atoms with Crippen LogP contribution in [0.3, 0.4) is 0 Å². The lowest BCUT2D eigenvalue weighted by atomic mass is 10.1. The maximum atomic E-state index is 13.0. The zero-order valence-electron chi connectivity index (χ0n) is 18.0. The first-order chi connectivity index (χ1) is 15.4. The molecule has 162 valence electrons. The van der Waals surface area contributed by atoms with Crippen molar-refractivity contribution in [3.63, 3.8) is 0 Å². The van der Waals surface area contributed by atoms with Crippen LogP contribution in [-0.4, -0.2) is 25.9 Å². The summed E-state index contributed by atoms with van der Waals surface area (Å²) in [5.74, 6) is 1.01. The van der Waals surface area contributed by atoms with Gasteiger partial charge in [-0.3, -0.25) is 4.79 Å². The highest BCUT2D eigenvalue weighted by molar-refractivity contribution is 5.92. The van der Waals surface area contributed by atoms with Gasteiger partial charge in [-0.15, -0.1) is 10.2 Å². The molecule has 0 aliphatic carbocycles. The van der Waals surface area contributed by atoms with Crippen LogP contribution in [-0.2, 0) is 11.2 Å². The zero-order chi connectivity index (χ0) is 22.7. The number of nitrogens with zero attached hydrogens (tertiary/aromatic N) is 4. The molecular formula is C24H22FN5O2. The lowest BCUT2D eigenvalue weighted by Gasteiger charge is -2.08. The average Bonchev–Trinajstić information content (AvgIpc) is 3.04. The zero-order valence-corrected chi connectivity index (χ0v) is 18.0. The van der Waals surface area contributed by atoms with Gasteiger partial charge in [-0.1, -0.05) is 12.1 Å². The Bertz CT molecular complexity index is 1230. The Kier molecular flexibility index (Phi) is 5.93. The van der Waals surface area contributed by atoms with Gasteiger partial charge in [0.2, 0.25) is 11.8 Å². The van der Waals surface area contributed by atoms with E-state index in [0.29, 0.717) is 23.1 Å². The molecule has 0 spiro atoms. The minimum Gasteiger partial charge on any atom is -0.438 e. The van der Waals surface area contributed by atoms with E-state index in [-0.39, 0.29) is 18.1 Å². The van der Waals surface area contributed by atoms with Crippen molar-refractivity contribution in [2.75, 3.05) is 5.32 Å². The maximum Gasteiger partial charge on any atom is 0.238 e. The SMILES string of the molecule is Cc1nn(-c2ccc(Oc3ccc(NC(=O)Cc4ccc(F)cc4)cc3)nn2)c(C)c1C. The molecule has 0 saturated carbocycles. The quantitative estimate of drug-likeness (QED) is 0.479. The average molecular weight is 431 g/mol. The molecule has 0 aliphatic heterocycles. The molecule has 0 radical (unpaired) electrons. The third kappa shape index (κ3) is 4.80. The minimum absolute atomic E-state index is 0.162. The van der Waals surface area contributed by atoms with Gasteiger partial charge in [0.25, 0.3) is 0 Å². The molecule has 4 rings (SSSR count). The summed E-state index contributed by atoms with van der Waals surface area (Å²) in [6.45, 7) is 5.97. The largest absolute Gasteiger partial charge is 0.438 e. The predicted octanol–water partition coefficient (Wildman–Crippen LogP) is 4.70. The molecule has 0 saturated heterocycles. The smallest absolute Gasteiger partial charge is 0.238 e. The minimum atomic E-state index is -0.328. The predicted molar refractivity (Wildman–Crippen MR) is 119 cm³/mol. The Morgan fingerprint density at radius 1 is 0.969 bits per heavy atom. The number of carbonyl (C=O) groups excluding carboxylic acids is 1. The number of aryl methyl sites for hydroxylation is 1. The number of carbonyl (C=O) groups is 1. The second-order valence-electron chi connectivity index (χ2n) is 7.42. The molecule has 8 heteroatoms. The van der Waals surface area contributed by atoms with Crippen LogP contribution in [0.1, 0.15) is 22.5 Å². The van der Waals surface area contributed by atoms with E-state index < -0.39 is 0 Å². The fourth-order valence-electron chi connectivity index (χ4n) is 3.14. The number of hydrogen-bond donors (Lipinski definition) is 1. The van der Waals surface area contributed by atoms with Crippen LogP contribution in [0.4, 0.5) is 10.1 Å². The van der Waals surface area contributed by atoms with Crippen LogP contribution in [0.15, 0.2) is 60.7 Å². The summed E-state index contributed by atoms with van der Waals surface area (Å²) in [6.07, 6.45) is 0.162. The molecule has 4 aromatic rings. The van der Waals surface area contributed by atoms with Gasteiger partial charge in [0, 0.05) is 17.4 Å². The molecule has 0 unspecified atom stereocenters. The first-order valence-electron chi connectivity index (χ1n) is 10.1. The van der Waals surface area contributed by atoms with Crippen LogP contribution in [0, 0.1) is 26.6 Å². The topological polar surface area (TPSA) is 81.9 Å². The van der Waals surface area contributed by atoms with E-state index in [1.54, 1.807) is 53.2 Å². The van der Waals surface area contributed by atoms with Crippen molar-refractivity contribution in [3.8, 4) is 17.4 Å². The molecule has 7 nitrogen and oxygen atoms in total. The molecule has 0 fully saturated rings.